The molecular formula is C17H21N5O2. The minimum absolute atomic E-state index is 0.116. The van der Waals surface area contributed by atoms with Crippen LogP contribution in [0.25, 0.3) is 5.65 Å². The fourth-order valence-electron chi connectivity index (χ4n) is 2.51. The highest BCUT2D eigenvalue weighted by molar-refractivity contribution is 5.78. The molecule has 0 saturated carbocycles. The maximum atomic E-state index is 12.3. The normalized spacial score (nSPS) is 12.7. The molecule has 0 bridgehead atoms. The number of rotatable bonds is 5. The molecule has 3 aromatic rings. The predicted molar refractivity (Wildman–Crippen MR) is 88.6 cm³/mol. The van der Waals surface area contributed by atoms with Crippen molar-refractivity contribution >= 4 is 11.6 Å². The van der Waals surface area contributed by atoms with E-state index >= 15 is 0 Å². The fourth-order valence-corrected chi connectivity index (χ4v) is 2.51. The van der Waals surface area contributed by atoms with Gasteiger partial charge in [-0.3, -0.25) is 4.79 Å². The third kappa shape index (κ3) is 3.15. The van der Waals surface area contributed by atoms with Crippen LogP contribution in [0.15, 0.2) is 29.0 Å². The van der Waals surface area contributed by atoms with Crippen LogP contribution in [0.1, 0.15) is 55.7 Å². The lowest BCUT2D eigenvalue weighted by Crippen LogP contribution is -2.28. The van der Waals surface area contributed by atoms with Gasteiger partial charge in [-0.25, -0.2) is 4.98 Å². The van der Waals surface area contributed by atoms with Crippen molar-refractivity contribution < 1.29 is 9.32 Å². The van der Waals surface area contributed by atoms with Gasteiger partial charge in [0.25, 0.3) is 0 Å². The van der Waals surface area contributed by atoms with Crippen molar-refractivity contribution in [3.63, 3.8) is 0 Å². The standard InChI is InChI=1S/C17H21N5O2/c1-10(2)15-20-17(24-21-15)12(4)19-14(23)8-13-9-18-16-11(3)6-5-7-22(13)16/h5-7,9-10,12H,8H2,1-4H3,(H,19,23). The summed E-state index contributed by atoms with van der Waals surface area (Å²) in [5.41, 5.74) is 2.78. The van der Waals surface area contributed by atoms with E-state index in [4.69, 9.17) is 4.52 Å². The van der Waals surface area contributed by atoms with Gasteiger partial charge in [0.1, 0.15) is 11.7 Å². The predicted octanol–water partition coefficient (Wildman–Crippen LogP) is 2.57. The average molecular weight is 327 g/mol. The highest BCUT2D eigenvalue weighted by atomic mass is 16.5. The van der Waals surface area contributed by atoms with E-state index in [0.29, 0.717) is 11.7 Å². The van der Waals surface area contributed by atoms with E-state index in [2.05, 4.69) is 20.4 Å². The Bertz CT molecular complexity index is 865. The third-order valence-electron chi connectivity index (χ3n) is 3.87. The number of nitrogens with one attached hydrogen (secondary N) is 1. The molecule has 1 atom stereocenters. The topological polar surface area (TPSA) is 85.3 Å². The lowest BCUT2D eigenvalue weighted by molar-refractivity contribution is -0.121. The molecule has 0 radical (unpaired) electrons. The molecule has 126 valence electrons. The van der Waals surface area contributed by atoms with Gasteiger partial charge in [0.05, 0.1) is 12.1 Å². The molecule has 0 spiro atoms. The van der Waals surface area contributed by atoms with Crippen LogP contribution < -0.4 is 5.32 Å². The van der Waals surface area contributed by atoms with Crippen LogP contribution in [0.5, 0.6) is 0 Å². The Morgan fingerprint density at radius 2 is 2.17 bits per heavy atom. The zero-order valence-electron chi connectivity index (χ0n) is 14.3. The van der Waals surface area contributed by atoms with E-state index in [9.17, 15) is 4.79 Å². The highest BCUT2D eigenvalue weighted by Crippen LogP contribution is 2.16. The van der Waals surface area contributed by atoms with Gasteiger partial charge in [0.15, 0.2) is 5.82 Å². The number of carbonyl (C=O) groups is 1. The van der Waals surface area contributed by atoms with E-state index in [1.165, 1.54) is 0 Å². The first-order valence-electron chi connectivity index (χ1n) is 8.00. The average Bonchev–Trinajstić information content (AvgIpc) is 3.15. The number of aromatic nitrogens is 4. The molecular weight excluding hydrogens is 306 g/mol. The molecule has 7 heteroatoms. The summed E-state index contributed by atoms with van der Waals surface area (Å²) in [6.07, 6.45) is 3.88. The van der Waals surface area contributed by atoms with Crippen LogP contribution in [-0.2, 0) is 11.2 Å². The van der Waals surface area contributed by atoms with Crippen LogP contribution in [-0.4, -0.2) is 25.4 Å². The molecule has 0 fully saturated rings. The molecule has 1 unspecified atom stereocenters. The highest BCUT2D eigenvalue weighted by Gasteiger charge is 2.18. The summed E-state index contributed by atoms with van der Waals surface area (Å²) in [4.78, 5) is 21.0. The monoisotopic (exact) mass is 327 g/mol. The first-order valence-corrected chi connectivity index (χ1v) is 8.00. The Morgan fingerprint density at radius 3 is 2.88 bits per heavy atom. The van der Waals surface area contributed by atoms with Gasteiger partial charge in [-0.15, -0.1) is 0 Å². The van der Waals surface area contributed by atoms with Gasteiger partial charge in [-0.1, -0.05) is 25.1 Å². The van der Waals surface area contributed by atoms with Crippen molar-refractivity contribution in [2.75, 3.05) is 0 Å². The van der Waals surface area contributed by atoms with Gasteiger partial charge in [-0.05, 0) is 25.5 Å². The van der Waals surface area contributed by atoms with Crippen molar-refractivity contribution in [3.05, 3.63) is 47.5 Å². The first kappa shape index (κ1) is 16.2. The SMILES string of the molecule is Cc1cccn2c(CC(=O)NC(C)c3nc(C(C)C)no3)cnc12. The Morgan fingerprint density at radius 1 is 1.38 bits per heavy atom. The molecule has 0 saturated heterocycles. The largest absolute Gasteiger partial charge is 0.344 e. The quantitative estimate of drug-likeness (QED) is 0.778. The summed E-state index contributed by atoms with van der Waals surface area (Å²) in [6.45, 7) is 7.81. The van der Waals surface area contributed by atoms with Crippen LogP contribution in [0.2, 0.25) is 0 Å². The number of fused-ring (bicyclic) bond motifs is 1. The maximum absolute atomic E-state index is 12.3. The number of hydrogen-bond donors (Lipinski definition) is 1. The molecule has 0 aliphatic heterocycles. The Balaban J connectivity index is 1.69. The second kappa shape index (κ2) is 6.43. The minimum atomic E-state index is -0.335. The Hall–Kier alpha value is -2.70. The maximum Gasteiger partial charge on any atom is 0.248 e. The van der Waals surface area contributed by atoms with Crippen molar-refractivity contribution in [2.45, 2.75) is 46.1 Å². The number of aryl methyl sites for hydroxylation is 1. The summed E-state index contributed by atoms with van der Waals surface area (Å²) in [5.74, 6) is 1.13. The molecule has 1 amide bonds. The van der Waals surface area contributed by atoms with E-state index < -0.39 is 0 Å². The molecule has 3 heterocycles. The Labute approximate surface area is 140 Å². The molecule has 3 aromatic heterocycles. The number of amides is 1. The van der Waals surface area contributed by atoms with Gasteiger partial charge in [0.2, 0.25) is 11.8 Å². The number of nitrogens with zero attached hydrogens (tertiary/aromatic N) is 4. The molecule has 1 N–H and O–H groups in total. The van der Waals surface area contributed by atoms with E-state index in [-0.39, 0.29) is 24.3 Å². The summed E-state index contributed by atoms with van der Waals surface area (Å²) in [7, 11) is 0. The summed E-state index contributed by atoms with van der Waals surface area (Å²) >= 11 is 0. The molecule has 7 nitrogen and oxygen atoms in total. The molecule has 0 aliphatic rings. The molecule has 0 aliphatic carbocycles. The first-order chi connectivity index (χ1) is 11.5. The summed E-state index contributed by atoms with van der Waals surface area (Å²) in [6, 6.07) is 3.61. The smallest absolute Gasteiger partial charge is 0.248 e. The van der Waals surface area contributed by atoms with Crippen LogP contribution in [0.4, 0.5) is 0 Å². The zero-order valence-corrected chi connectivity index (χ0v) is 14.3. The van der Waals surface area contributed by atoms with Crippen molar-refractivity contribution in [1.29, 1.82) is 0 Å². The summed E-state index contributed by atoms with van der Waals surface area (Å²) < 4.78 is 7.15. The molecule has 0 aromatic carbocycles. The number of imidazole rings is 1. The van der Waals surface area contributed by atoms with Crippen LogP contribution in [0.3, 0.4) is 0 Å². The van der Waals surface area contributed by atoms with Gasteiger partial charge < -0.3 is 14.2 Å². The van der Waals surface area contributed by atoms with E-state index in [0.717, 1.165) is 16.9 Å². The second-order valence-corrected chi connectivity index (χ2v) is 6.25. The minimum Gasteiger partial charge on any atom is -0.344 e. The van der Waals surface area contributed by atoms with Gasteiger partial charge >= 0.3 is 0 Å². The van der Waals surface area contributed by atoms with Crippen molar-refractivity contribution in [2.24, 2.45) is 0 Å². The van der Waals surface area contributed by atoms with Gasteiger partial charge in [-0.2, -0.15) is 4.98 Å². The van der Waals surface area contributed by atoms with Gasteiger partial charge in [0, 0.05) is 18.3 Å². The number of hydrogen-bond acceptors (Lipinski definition) is 5. The van der Waals surface area contributed by atoms with Crippen LogP contribution >= 0.6 is 0 Å². The lowest BCUT2D eigenvalue weighted by atomic mass is 10.2. The third-order valence-corrected chi connectivity index (χ3v) is 3.87. The second-order valence-electron chi connectivity index (χ2n) is 6.25. The Kier molecular flexibility index (Phi) is 4.33. The molecule has 24 heavy (non-hydrogen) atoms. The molecule has 3 rings (SSSR count). The fraction of sp³-hybridized carbons (Fsp3) is 0.412. The number of carbonyl (C=O) groups excluding carboxylic acids is 1. The summed E-state index contributed by atoms with van der Waals surface area (Å²) in [5, 5.41) is 6.81. The van der Waals surface area contributed by atoms with E-state index in [1.807, 2.05) is 50.4 Å². The number of pyridine rings is 1. The van der Waals surface area contributed by atoms with E-state index in [1.54, 1.807) is 6.20 Å². The van der Waals surface area contributed by atoms with Crippen molar-refractivity contribution in [3.8, 4) is 0 Å². The lowest BCUT2D eigenvalue weighted by Gasteiger charge is -2.09. The van der Waals surface area contributed by atoms with Crippen LogP contribution in [0, 0.1) is 6.92 Å². The zero-order chi connectivity index (χ0) is 17.3. The van der Waals surface area contributed by atoms with Crippen molar-refractivity contribution in [1.82, 2.24) is 24.8 Å².